The van der Waals surface area contributed by atoms with Gasteiger partial charge in [-0.3, -0.25) is 0 Å². The Labute approximate surface area is 200 Å². The van der Waals surface area contributed by atoms with Crippen molar-refractivity contribution in [3.8, 4) is 28.4 Å². The molecule has 2 aromatic carbocycles. The molecule has 4 heterocycles. The van der Waals surface area contributed by atoms with Crippen molar-refractivity contribution in [2.75, 3.05) is 19.8 Å². The van der Waals surface area contributed by atoms with Crippen LogP contribution >= 0.6 is 11.6 Å². The molecule has 2 fully saturated rings. The minimum Gasteiger partial charge on any atom is -0.456 e. The van der Waals surface area contributed by atoms with Crippen molar-refractivity contribution in [2.24, 2.45) is 0 Å². The lowest BCUT2D eigenvalue weighted by Crippen LogP contribution is -2.47. The Balaban J connectivity index is 1.24. The van der Waals surface area contributed by atoms with Gasteiger partial charge in [0.25, 0.3) is 6.01 Å². The lowest BCUT2D eigenvalue weighted by molar-refractivity contribution is -0.0956. The highest BCUT2D eigenvalue weighted by Gasteiger charge is 2.57. The van der Waals surface area contributed by atoms with Crippen molar-refractivity contribution < 1.29 is 24.4 Å². The normalized spacial score (nSPS) is 26.1. The molecule has 6 rings (SSSR count). The third-order valence-electron chi connectivity index (χ3n) is 6.37. The van der Waals surface area contributed by atoms with Crippen molar-refractivity contribution in [1.29, 1.82) is 0 Å². The van der Waals surface area contributed by atoms with Crippen molar-refractivity contribution in [3.05, 3.63) is 65.7 Å². The Kier molecular flexibility index (Phi) is 5.28. The van der Waals surface area contributed by atoms with Gasteiger partial charge in [-0.15, -0.1) is 0 Å². The second-order valence-corrected chi connectivity index (χ2v) is 9.03. The quantitative estimate of drug-likeness (QED) is 0.403. The molecular weight excluding hydrogens is 458 g/mol. The predicted molar refractivity (Wildman–Crippen MR) is 126 cm³/mol. The first-order valence-corrected chi connectivity index (χ1v) is 11.4. The van der Waals surface area contributed by atoms with Crippen LogP contribution in [-0.4, -0.2) is 68.9 Å². The summed E-state index contributed by atoms with van der Waals surface area (Å²) in [7, 11) is 0. The molecule has 2 saturated heterocycles. The number of halogens is 1. The van der Waals surface area contributed by atoms with Crippen LogP contribution in [0.3, 0.4) is 0 Å². The van der Waals surface area contributed by atoms with Gasteiger partial charge in [0.2, 0.25) is 0 Å². The Morgan fingerprint density at radius 3 is 2.53 bits per heavy atom. The molecule has 174 valence electrons. The summed E-state index contributed by atoms with van der Waals surface area (Å²) in [6.45, 7) is -0.243. The fourth-order valence-electron chi connectivity index (χ4n) is 4.55. The standard InChI is InChI=1S/C25H22ClN3O5/c26-17-10-18-23(28-20(17)16-8-6-15(7-9-16)14-4-2-1-3-5-14)29-24(27-18)34-19-11-32-22-21(19)33-13-25(22,31)12-30/h1-10,19,21-22,30-31H,11-13H2,(H,27,28,29)/t19-,21-,22+,25-/m1/s1. The average Bonchev–Trinajstić information content (AvgIpc) is 3.55. The molecule has 4 aromatic rings. The van der Waals surface area contributed by atoms with E-state index in [2.05, 4.69) is 27.1 Å². The van der Waals surface area contributed by atoms with E-state index in [4.69, 9.17) is 25.8 Å². The first kappa shape index (κ1) is 21.5. The minimum absolute atomic E-state index is 0.0115. The fourth-order valence-corrected chi connectivity index (χ4v) is 4.81. The number of imidazole rings is 1. The Morgan fingerprint density at radius 2 is 1.76 bits per heavy atom. The Bertz CT molecular complexity index is 1330. The van der Waals surface area contributed by atoms with Crippen LogP contribution in [0.5, 0.6) is 6.01 Å². The molecule has 0 aliphatic carbocycles. The number of aliphatic hydroxyl groups is 2. The number of pyridine rings is 1. The maximum absolute atomic E-state index is 10.4. The molecule has 0 amide bonds. The first-order valence-electron chi connectivity index (χ1n) is 11.0. The van der Waals surface area contributed by atoms with Gasteiger partial charge in [-0.05, 0) is 17.2 Å². The van der Waals surface area contributed by atoms with E-state index in [-0.39, 0.29) is 19.2 Å². The smallest absolute Gasteiger partial charge is 0.296 e. The number of hydrogen-bond donors (Lipinski definition) is 3. The van der Waals surface area contributed by atoms with Crippen LogP contribution in [0.2, 0.25) is 5.02 Å². The highest BCUT2D eigenvalue weighted by molar-refractivity contribution is 6.33. The molecule has 2 aliphatic rings. The summed E-state index contributed by atoms with van der Waals surface area (Å²) < 4.78 is 17.3. The number of H-pyrrole nitrogens is 1. The van der Waals surface area contributed by atoms with Gasteiger partial charge >= 0.3 is 0 Å². The number of nitrogens with zero attached hydrogens (tertiary/aromatic N) is 2. The molecule has 8 nitrogen and oxygen atoms in total. The van der Waals surface area contributed by atoms with Crippen molar-refractivity contribution in [3.63, 3.8) is 0 Å². The van der Waals surface area contributed by atoms with Crippen molar-refractivity contribution >= 4 is 22.8 Å². The Hall–Kier alpha value is -3.01. The van der Waals surface area contributed by atoms with Crippen molar-refractivity contribution in [1.82, 2.24) is 15.0 Å². The van der Waals surface area contributed by atoms with Gasteiger partial charge in [0.1, 0.15) is 17.8 Å². The largest absolute Gasteiger partial charge is 0.456 e. The number of ether oxygens (including phenoxy) is 3. The van der Waals surface area contributed by atoms with Crippen LogP contribution in [0.1, 0.15) is 0 Å². The second kappa shape index (κ2) is 8.33. The number of rotatable bonds is 5. The number of benzene rings is 2. The topological polar surface area (TPSA) is 110 Å². The summed E-state index contributed by atoms with van der Waals surface area (Å²) in [5.41, 5.74) is 3.44. The summed E-state index contributed by atoms with van der Waals surface area (Å²) in [6, 6.07) is 20.2. The van der Waals surface area contributed by atoms with Gasteiger partial charge in [-0.25, -0.2) is 4.98 Å². The number of aromatic nitrogens is 3. The summed E-state index contributed by atoms with van der Waals surface area (Å²) in [5, 5.41) is 20.4. The molecule has 4 atom stereocenters. The second-order valence-electron chi connectivity index (χ2n) is 8.62. The van der Waals surface area contributed by atoms with E-state index in [0.717, 1.165) is 16.7 Å². The molecule has 0 bridgehead atoms. The van der Waals surface area contributed by atoms with Crippen LogP contribution in [0.4, 0.5) is 0 Å². The summed E-state index contributed by atoms with van der Waals surface area (Å²) in [5.74, 6) is 0. The average molecular weight is 480 g/mol. The van der Waals surface area contributed by atoms with Gasteiger partial charge in [0, 0.05) is 5.56 Å². The van der Waals surface area contributed by atoms with E-state index in [9.17, 15) is 10.2 Å². The molecule has 0 unspecified atom stereocenters. The van der Waals surface area contributed by atoms with E-state index in [1.807, 2.05) is 42.5 Å². The summed E-state index contributed by atoms with van der Waals surface area (Å²) in [4.78, 5) is 12.2. The van der Waals surface area contributed by atoms with Gasteiger partial charge in [-0.2, -0.15) is 4.98 Å². The molecule has 0 spiro atoms. The minimum atomic E-state index is -1.42. The first-order chi connectivity index (χ1) is 16.5. The maximum Gasteiger partial charge on any atom is 0.296 e. The SMILES string of the molecule is OC[C@@]1(O)CO[C@@H]2[C@H](Oc3nc4nc(-c5ccc(-c6ccccc6)cc5)c(Cl)cc4[nH]3)CO[C@@H]21. The number of nitrogens with one attached hydrogen (secondary N) is 1. The zero-order valence-corrected chi connectivity index (χ0v) is 18.8. The molecular formula is C25H22ClN3O5. The number of aliphatic hydroxyl groups excluding tert-OH is 1. The Morgan fingerprint density at radius 1 is 1.03 bits per heavy atom. The summed E-state index contributed by atoms with van der Waals surface area (Å²) >= 11 is 6.55. The molecule has 9 heteroatoms. The van der Waals surface area contributed by atoms with Crippen LogP contribution in [0.25, 0.3) is 33.5 Å². The zero-order valence-electron chi connectivity index (χ0n) is 18.0. The van der Waals surface area contributed by atoms with Gasteiger partial charge in [-0.1, -0.05) is 66.2 Å². The van der Waals surface area contributed by atoms with Gasteiger partial charge < -0.3 is 29.4 Å². The maximum atomic E-state index is 10.4. The van der Waals surface area contributed by atoms with Crippen LogP contribution < -0.4 is 4.74 Å². The molecule has 0 saturated carbocycles. The molecule has 2 aliphatic heterocycles. The van der Waals surface area contributed by atoms with Gasteiger partial charge in [0.05, 0.1) is 36.1 Å². The fraction of sp³-hybridized carbons (Fsp3) is 0.280. The highest BCUT2D eigenvalue weighted by Crippen LogP contribution is 2.36. The number of hydrogen-bond acceptors (Lipinski definition) is 7. The molecule has 0 radical (unpaired) electrons. The molecule has 34 heavy (non-hydrogen) atoms. The molecule has 2 aromatic heterocycles. The number of aromatic amines is 1. The summed E-state index contributed by atoms with van der Waals surface area (Å²) in [6.07, 6.45) is -1.63. The van der Waals surface area contributed by atoms with E-state index < -0.39 is 30.5 Å². The highest BCUT2D eigenvalue weighted by atomic mass is 35.5. The van der Waals surface area contributed by atoms with Crippen molar-refractivity contribution in [2.45, 2.75) is 23.9 Å². The van der Waals surface area contributed by atoms with E-state index in [1.165, 1.54) is 0 Å². The van der Waals surface area contributed by atoms with Gasteiger partial charge in [0.15, 0.2) is 11.8 Å². The third-order valence-corrected chi connectivity index (χ3v) is 6.66. The van der Waals surface area contributed by atoms with Crippen LogP contribution in [-0.2, 0) is 9.47 Å². The lowest BCUT2D eigenvalue weighted by atomic mass is 9.97. The van der Waals surface area contributed by atoms with Crippen LogP contribution in [0.15, 0.2) is 60.7 Å². The van der Waals surface area contributed by atoms with Crippen LogP contribution in [0, 0.1) is 0 Å². The van der Waals surface area contributed by atoms with E-state index in [0.29, 0.717) is 21.9 Å². The third kappa shape index (κ3) is 3.64. The zero-order chi connectivity index (χ0) is 23.3. The predicted octanol–water partition coefficient (Wildman–Crippen LogP) is 3.21. The molecule has 3 N–H and O–H groups in total. The monoisotopic (exact) mass is 479 g/mol. The number of fused-ring (bicyclic) bond motifs is 2. The van der Waals surface area contributed by atoms with E-state index >= 15 is 0 Å². The van der Waals surface area contributed by atoms with E-state index in [1.54, 1.807) is 6.07 Å². The lowest BCUT2D eigenvalue weighted by Gasteiger charge is -2.23.